The molecule has 5 nitrogen and oxygen atoms in total. The van der Waals surface area contributed by atoms with Crippen LogP contribution in [0.15, 0.2) is 29.3 Å². The molecule has 0 spiro atoms. The normalized spacial score (nSPS) is 17.3. The van der Waals surface area contributed by atoms with E-state index in [4.69, 9.17) is 14.5 Å². The topological polar surface area (TPSA) is 46.1 Å². The van der Waals surface area contributed by atoms with Crippen molar-refractivity contribution in [3.05, 3.63) is 35.4 Å². The third-order valence-corrected chi connectivity index (χ3v) is 4.24. The Bertz CT molecular complexity index is 546. The maximum atomic E-state index is 5.69. The Labute approximate surface area is 175 Å². The van der Waals surface area contributed by atoms with Crippen molar-refractivity contribution < 1.29 is 9.47 Å². The van der Waals surface area contributed by atoms with E-state index in [-0.39, 0.29) is 30.1 Å². The average molecular weight is 475 g/mol. The van der Waals surface area contributed by atoms with Gasteiger partial charge in [-0.25, -0.2) is 4.99 Å². The molecule has 1 atom stereocenters. The summed E-state index contributed by atoms with van der Waals surface area (Å²) >= 11 is 0. The third-order valence-electron chi connectivity index (χ3n) is 4.24. The van der Waals surface area contributed by atoms with Crippen LogP contribution < -0.4 is 5.32 Å². The van der Waals surface area contributed by atoms with Crippen molar-refractivity contribution in [3.63, 3.8) is 0 Å². The van der Waals surface area contributed by atoms with E-state index < -0.39 is 0 Å². The number of hydrogen-bond donors (Lipinski definition) is 1. The maximum Gasteiger partial charge on any atom is 0.193 e. The van der Waals surface area contributed by atoms with Gasteiger partial charge >= 0.3 is 0 Å². The lowest BCUT2D eigenvalue weighted by Crippen LogP contribution is -2.41. The number of guanidine groups is 1. The van der Waals surface area contributed by atoms with E-state index in [1.54, 1.807) is 0 Å². The maximum absolute atomic E-state index is 5.69. The highest BCUT2D eigenvalue weighted by Crippen LogP contribution is 2.14. The number of halogens is 1. The molecule has 0 amide bonds. The van der Waals surface area contributed by atoms with Gasteiger partial charge in [-0.1, -0.05) is 24.3 Å². The molecule has 26 heavy (non-hydrogen) atoms. The molecule has 1 unspecified atom stereocenters. The summed E-state index contributed by atoms with van der Waals surface area (Å²) in [6.45, 7) is 11.1. The van der Waals surface area contributed by atoms with Gasteiger partial charge in [0.25, 0.3) is 0 Å². The number of nitrogens with zero attached hydrogens (tertiary/aromatic N) is 2. The van der Waals surface area contributed by atoms with E-state index in [1.165, 1.54) is 11.1 Å². The smallest absolute Gasteiger partial charge is 0.193 e. The second-order valence-corrected chi connectivity index (χ2v) is 6.96. The molecule has 0 saturated carbocycles. The van der Waals surface area contributed by atoms with Crippen LogP contribution in [0.25, 0.3) is 0 Å². The van der Waals surface area contributed by atoms with Crippen LogP contribution in [0.4, 0.5) is 0 Å². The van der Waals surface area contributed by atoms with Crippen molar-refractivity contribution in [2.24, 2.45) is 10.9 Å². The highest BCUT2D eigenvalue weighted by molar-refractivity contribution is 14.0. The zero-order chi connectivity index (χ0) is 18.1. The Morgan fingerprint density at radius 2 is 2.15 bits per heavy atom. The van der Waals surface area contributed by atoms with Gasteiger partial charge in [-0.3, -0.25) is 0 Å². The minimum absolute atomic E-state index is 0. The molecule has 1 saturated heterocycles. The molecule has 1 aromatic carbocycles. The van der Waals surface area contributed by atoms with Gasteiger partial charge in [0, 0.05) is 32.7 Å². The zero-order valence-corrected chi connectivity index (χ0v) is 18.9. The summed E-state index contributed by atoms with van der Waals surface area (Å²) in [5.74, 6) is 1.56. The lowest BCUT2D eigenvalue weighted by molar-refractivity contribution is 0.0657. The predicted molar refractivity (Wildman–Crippen MR) is 118 cm³/mol. The van der Waals surface area contributed by atoms with Gasteiger partial charge in [0.1, 0.15) is 0 Å². The van der Waals surface area contributed by atoms with Crippen LogP contribution in [0, 0.1) is 5.92 Å². The van der Waals surface area contributed by atoms with Crippen molar-refractivity contribution in [3.8, 4) is 0 Å². The van der Waals surface area contributed by atoms with Crippen LogP contribution in [0.2, 0.25) is 0 Å². The molecule has 1 N–H and O–H groups in total. The minimum Gasteiger partial charge on any atom is -0.381 e. The highest BCUT2D eigenvalue weighted by Gasteiger charge is 2.19. The summed E-state index contributed by atoms with van der Waals surface area (Å²) in [7, 11) is 2.10. The van der Waals surface area contributed by atoms with E-state index >= 15 is 0 Å². The van der Waals surface area contributed by atoms with Crippen LogP contribution in [-0.4, -0.2) is 50.3 Å². The van der Waals surface area contributed by atoms with Crippen molar-refractivity contribution in [2.45, 2.75) is 46.4 Å². The summed E-state index contributed by atoms with van der Waals surface area (Å²) < 4.78 is 11.2. The fourth-order valence-electron chi connectivity index (χ4n) is 2.92. The van der Waals surface area contributed by atoms with E-state index in [9.17, 15) is 0 Å². The molecule has 0 radical (unpaired) electrons. The zero-order valence-electron chi connectivity index (χ0n) is 16.5. The summed E-state index contributed by atoms with van der Waals surface area (Å²) in [5, 5.41) is 3.39. The van der Waals surface area contributed by atoms with Crippen LogP contribution in [-0.2, 0) is 22.6 Å². The molecule has 2 rings (SSSR count). The molecule has 6 heteroatoms. The number of ether oxygens (including phenoxy) is 2. The SMILES string of the molecule is CCNC(=NCc1cccc(COC(C)C)c1)N(C)CC1CCOC1.I. The second kappa shape index (κ2) is 12.5. The van der Waals surface area contributed by atoms with Gasteiger partial charge in [-0.05, 0) is 38.3 Å². The molecular weight excluding hydrogens is 441 g/mol. The first kappa shape index (κ1) is 23.2. The van der Waals surface area contributed by atoms with Crippen LogP contribution in [0.1, 0.15) is 38.3 Å². The monoisotopic (exact) mass is 475 g/mol. The standard InChI is InChI=1S/C20H33N3O2.HI/c1-5-21-20(23(4)13-19-9-10-24-14-19)22-12-17-7-6-8-18(11-17)15-25-16(2)3;/h6-8,11,16,19H,5,9-10,12-15H2,1-4H3,(H,21,22);1H. The number of hydrogen-bond acceptors (Lipinski definition) is 3. The van der Waals surface area contributed by atoms with Crippen molar-refractivity contribution in [2.75, 3.05) is 33.4 Å². The number of rotatable bonds is 8. The van der Waals surface area contributed by atoms with E-state index in [2.05, 4.69) is 62.3 Å². The summed E-state index contributed by atoms with van der Waals surface area (Å²) in [6.07, 6.45) is 1.39. The molecule has 0 aliphatic carbocycles. The van der Waals surface area contributed by atoms with Crippen LogP contribution >= 0.6 is 24.0 Å². The Hall–Kier alpha value is -0.860. The lowest BCUT2D eigenvalue weighted by Gasteiger charge is -2.24. The third kappa shape index (κ3) is 8.22. The lowest BCUT2D eigenvalue weighted by atomic mass is 10.1. The average Bonchev–Trinajstić information content (AvgIpc) is 3.10. The Balaban J connectivity index is 0.00000338. The first-order chi connectivity index (χ1) is 12.1. The minimum atomic E-state index is 0. The second-order valence-electron chi connectivity index (χ2n) is 6.96. The van der Waals surface area contributed by atoms with Crippen molar-refractivity contribution in [1.82, 2.24) is 10.2 Å². The highest BCUT2D eigenvalue weighted by atomic mass is 127. The molecule has 1 aromatic rings. The van der Waals surface area contributed by atoms with Gasteiger partial charge in [0.2, 0.25) is 0 Å². The largest absolute Gasteiger partial charge is 0.381 e. The predicted octanol–water partition coefficient (Wildman–Crippen LogP) is 3.66. The summed E-state index contributed by atoms with van der Waals surface area (Å²) in [5.41, 5.74) is 2.40. The van der Waals surface area contributed by atoms with Gasteiger partial charge in [-0.15, -0.1) is 24.0 Å². The van der Waals surface area contributed by atoms with Crippen LogP contribution in [0.3, 0.4) is 0 Å². The Kier molecular flexibility index (Phi) is 11.2. The fraction of sp³-hybridized carbons (Fsp3) is 0.650. The molecule has 1 fully saturated rings. The van der Waals surface area contributed by atoms with Crippen LogP contribution in [0.5, 0.6) is 0 Å². The van der Waals surface area contributed by atoms with Gasteiger partial charge in [-0.2, -0.15) is 0 Å². The Morgan fingerprint density at radius 3 is 2.81 bits per heavy atom. The molecule has 148 valence electrons. The van der Waals surface area contributed by atoms with E-state index in [0.29, 0.717) is 19.1 Å². The summed E-state index contributed by atoms with van der Waals surface area (Å²) in [4.78, 5) is 7.03. The first-order valence-corrected chi connectivity index (χ1v) is 9.35. The molecule has 0 bridgehead atoms. The molecule has 0 aromatic heterocycles. The Morgan fingerprint density at radius 1 is 1.38 bits per heavy atom. The van der Waals surface area contributed by atoms with E-state index in [1.807, 2.05) is 0 Å². The van der Waals surface area contributed by atoms with E-state index in [0.717, 1.165) is 38.7 Å². The van der Waals surface area contributed by atoms with Gasteiger partial charge in [0.15, 0.2) is 5.96 Å². The molecular formula is C20H34IN3O2. The van der Waals surface area contributed by atoms with Crippen molar-refractivity contribution >= 4 is 29.9 Å². The van der Waals surface area contributed by atoms with Gasteiger partial charge in [0.05, 0.1) is 25.9 Å². The molecule has 1 aliphatic rings. The number of nitrogens with one attached hydrogen (secondary N) is 1. The number of aliphatic imine (C=N–C) groups is 1. The van der Waals surface area contributed by atoms with Crippen molar-refractivity contribution in [1.29, 1.82) is 0 Å². The molecule has 1 aliphatic heterocycles. The quantitative estimate of drug-likeness (QED) is 0.354. The number of benzene rings is 1. The summed E-state index contributed by atoms with van der Waals surface area (Å²) in [6, 6.07) is 8.49. The van der Waals surface area contributed by atoms with Gasteiger partial charge < -0.3 is 19.7 Å². The first-order valence-electron chi connectivity index (χ1n) is 9.35. The molecule has 1 heterocycles. The fourth-order valence-corrected chi connectivity index (χ4v) is 2.92.